The van der Waals surface area contributed by atoms with Gasteiger partial charge in [0, 0.05) is 0 Å². The summed E-state index contributed by atoms with van der Waals surface area (Å²) in [4.78, 5) is 0. The zero-order valence-electron chi connectivity index (χ0n) is 8.76. The van der Waals surface area contributed by atoms with Crippen LogP contribution < -0.4 is 4.74 Å². The van der Waals surface area contributed by atoms with Gasteiger partial charge in [0.1, 0.15) is 0 Å². The van der Waals surface area contributed by atoms with Gasteiger partial charge in [0.2, 0.25) is 0 Å². The number of hydrogen-bond acceptors (Lipinski definition) is 1. The van der Waals surface area contributed by atoms with Crippen LogP contribution in [0.5, 0.6) is 5.75 Å². The first-order valence-corrected chi connectivity index (χ1v) is 8.06. The molecule has 4 heteroatoms. The van der Waals surface area contributed by atoms with E-state index in [1.54, 1.807) is 13.0 Å². The summed E-state index contributed by atoms with van der Waals surface area (Å²) >= 11 is -0.841. The van der Waals surface area contributed by atoms with Crippen LogP contribution in [0.1, 0.15) is 12.5 Å². The SMILES string of the molecule is CCOc1ccc(C2=CC=C[TeH2]2)c(F)c1F. The standard InChI is InChI=1S/C12H12F2OTe/c1-2-15-9-6-5-8(11(13)12(9)14)10-4-3-7-16-10/h3-7H,2,16H2,1H3. The van der Waals surface area contributed by atoms with Crippen molar-refractivity contribution >= 4 is 24.5 Å². The Morgan fingerprint density at radius 3 is 2.69 bits per heavy atom. The van der Waals surface area contributed by atoms with E-state index in [-0.39, 0.29) is 5.75 Å². The van der Waals surface area contributed by atoms with Gasteiger partial charge in [0.05, 0.1) is 0 Å². The quantitative estimate of drug-likeness (QED) is 0.770. The van der Waals surface area contributed by atoms with Crippen LogP contribution in [0, 0.1) is 11.6 Å². The molecule has 0 saturated heterocycles. The van der Waals surface area contributed by atoms with Crippen molar-refractivity contribution in [3.63, 3.8) is 0 Å². The topological polar surface area (TPSA) is 9.23 Å². The molecule has 0 aliphatic carbocycles. The molecule has 1 aliphatic heterocycles. The second-order valence-corrected chi connectivity index (χ2v) is 6.57. The molecule has 0 amide bonds. The summed E-state index contributed by atoms with van der Waals surface area (Å²) in [7, 11) is 0. The fraction of sp³-hybridized carbons (Fsp3) is 0.167. The molecule has 0 atom stereocenters. The molecule has 0 spiro atoms. The molecule has 0 aromatic heterocycles. The monoisotopic (exact) mass is 340 g/mol. The number of rotatable bonds is 3. The van der Waals surface area contributed by atoms with Crippen LogP contribution in [0.25, 0.3) is 3.62 Å². The fourth-order valence-corrected chi connectivity index (χ4v) is 4.11. The summed E-state index contributed by atoms with van der Waals surface area (Å²) in [5, 5.41) is 0. The Bertz CT molecular complexity index is 466. The predicted octanol–water partition coefficient (Wildman–Crippen LogP) is 2.40. The first-order chi connectivity index (χ1) is 7.74. The van der Waals surface area contributed by atoms with Crippen molar-refractivity contribution in [2.24, 2.45) is 0 Å². The molecular weight excluding hydrogens is 326 g/mol. The second-order valence-electron chi connectivity index (χ2n) is 3.26. The molecule has 86 valence electrons. The normalized spacial score (nSPS) is 16.6. The van der Waals surface area contributed by atoms with E-state index >= 15 is 0 Å². The fourth-order valence-electron chi connectivity index (χ4n) is 1.50. The van der Waals surface area contributed by atoms with Crippen molar-refractivity contribution in [1.82, 2.24) is 0 Å². The molecule has 1 heterocycles. The summed E-state index contributed by atoms with van der Waals surface area (Å²) in [6.45, 7) is 2.07. The van der Waals surface area contributed by atoms with Crippen molar-refractivity contribution in [3.8, 4) is 5.75 Å². The number of halogens is 2. The van der Waals surface area contributed by atoms with Gasteiger partial charge in [-0.2, -0.15) is 0 Å². The van der Waals surface area contributed by atoms with Crippen molar-refractivity contribution < 1.29 is 13.5 Å². The first-order valence-electron chi connectivity index (χ1n) is 4.98. The Morgan fingerprint density at radius 1 is 1.25 bits per heavy atom. The predicted molar refractivity (Wildman–Crippen MR) is 63.2 cm³/mol. The zero-order chi connectivity index (χ0) is 11.5. The molecule has 1 nitrogen and oxygen atoms in total. The Balaban J connectivity index is 2.38. The maximum atomic E-state index is 13.7. The third-order valence-corrected chi connectivity index (χ3v) is 5.39. The maximum absolute atomic E-state index is 13.7. The van der Waals surface area contributed by atoms with E-state index in [1.807, 2.05) is 12.2 Å². The van der Waals surface area contributed by atoms with Gasteiger partial charge in [-0.1, -0.05) is 0 Å². The average molecular weight is 338 g/mol. The third kappa shape index (κ3) is 2.14. The summed E-state index contributed by atoms with van der Waals surface area (Å²) < 4.78 is 35.4. The van der Waals surface area contributed by atoms with Crippen LogP contribution >= 0.6 is 0 Å². The molecule has 0 bridgehead atoms. The van der Waals surface area contributed by atoms with Gasteiger partial charge in [-0.15, -0.1) is 0 Å². The van der Waals surface area contributed by atoms with Gasteiger partial charge in [-0.05, 0) is 0 Å². The van der Waals surface area contributed by atoms with Crippen molar-refractivity contribution in [2.75, 3.05) is 6.61 Å². The number of hydrogen-bond donors (Lipinski definition) is 0. The van der Waals surface area contributed by atoms with E-state index < -0.39 is 32.6 Å². The van der Waals surface area contributed by atoms with Gasteiger partial charge >= 0.3 is 103 Å². The van der Waals surface area contributed by atoms with E-state index in [9.17, 15) is 8.78 Å². The van der Waals surface area contributed by atoms with Crippen LogP contribution in [0.2, 0.25) is 0 Å². The van der Waals surface area contributed by atoms with Crippen LogP contribution in [0.3, 0.4) is 0 Å². The molecule has 0 unspecified atom stereocenters. The molecule has 2 rings (SSSR count). The van der Waals surface area contributed by atoms with Crippen LogP contribution in [0.4, 0.5) is 8.78 Å². The van der Waals surface area contributed by atoms with Crippen molar-refractivity contribution in [1.29, 1.82) is 0 Å². The third-order valence-electron chi connectivity index (χ3n) is 2.23. The van der Waals surface area contributed by atoms with E-state index in [0.29, 0.717) is 12.2 Å². The molecular formula is C12H12F2OTe. The van der Waals surface area contributed by atoms with E-state index in [0.717, 1.165) is 3.62 Å². The Kier molecular flexibility index (Phi) is 3.62. The van der Waals surface area contributed by atoms with E-state index in [1.165, 1.54) is 6.07 Å². The number of benzene rings is 1. The number of ether oxygens (including phenoxy) is 1. The summed E-state index contributed by atoms with van der Waals surface area (Å²) in [5.74, 6) is -1.69. The van der Waals surface area contributed by atoms with E-state index in [4.69, 9.17) is 4.74 Å². The summed E-state index contributed by atoms with van der Waals surface area (Å²) in [6, 6.07) is 3.10. The number of allylic oxidation sites excluding steroid dienone is 2. The van der Waals surface area contributed by atoms with Gasteiger partial charge in [0.15, 0.2) is 0 Å². The van der Waals surface area contributed by atoms with Gasteiger partial charge in [-0.3, -0.25) is 0 Å². The summed E-state index contributed by atoms with van der Waals surface area (Å²) in [6.07, 6.45) is 3.78. The Labute approximate surface area is 103 Å². The van der Waals surface area contributed by atoms with Crippen LogP contribution in [-0.2, 0) is 0 Å². The first kappa shape index (κ1) is 11.6. The van der Waals surface area contributed by atoms with Gasteiger partial charge < -0.3 is 0 Å². The minimum atomic E-state index is -0.883. The van der Waals surface area contributed by atoms with Crippen molar-refractivity contribution in [3.05, 3.63) is 45.6 Å². The van der Waals surface area contributed by atoms with Crippen molar-refractivity contribution in [2.45, 2.75) is 6.92 Å². The molecule has 0 N–H and O–H groups in total. The van der Waals surface area contributed by atoms with Gasteiger partial charge in [0.25, 0.3) is 0 Å². The van der Waals surface area contributed by atoms with Gasteiger partial charge in [-0.25, -0.2) is 0 Å². The minimum absolute atomic E-state index is 0.0132. The summed E-state index contributed by atoms with van der Waals surface area (Å²) in [5.41, 5.74) is 0.387. The molecule has 0 fully saturated rings. The second kappa shape index (κ2) is 4.99. The Hall–Kier alpha value is -0.850. The molecule has 1 aromatic carbocycles. The van der Waals surface area contributed by atoms with Crippen LogP contribution in [-0.4, -0.2) is 27.5 Å². The molecule has 1 aromatic rings. The Morgan fingerprint density at radius 2 is 2.06 bits per heavy atom. The van der Waals surface area contributed by atoms with E-state index in [2.05, 4.69) is 4.12 Å². The molecule has 0 saturated carbocycles. The zero-order valence-corrected chi connectivity index (χ0v) is 11.6. The molecule has 1 aliphatic rings. The molecule has 0 radical (unpaired) electrons. The molecule has 16 heavy (non-hydrogen) atoms. The average Bonchev–Trinajstić information content (AvgIpc) is 2.79. The van der Waals surface area contributed by atoms with Crippen LogP contribution in [0.15, 0.2) is 28.4 Å².